The summed E-state index contributed by atoms with van der Waals surface area (Å²) in [6.07, 6.45) is 3.96. The van der Waals surface area contributed by atoms with Gasteiger partial charge in [-0.2, -0.15) is 0 Å². The molecule has 1 aromatic rings. The van der Waals surface area contributed by atoms with Crippen LogP contribution in [-0.2, 0) is 0 Å². The lowest BCUT2D eigenvalue weighted by Gasteiger charge is -2.20. The number of aromatic nitrogens is 1. The number of carbonyl (C=O) groups is 1. The molecule has 1 aromatic heterocycles. The fourth-order valence-electron chi connectivity index (χ4n) is 2.58. The molecule has 1 unspecified atom stereocenters. The number of ether oxygens (including phenoxy) is 1. The van der Waals surface area contributed by atoms with E-state index in [0.29, 0.717) is 17.1 Å². The Bertz CT molecular complexity index is 513. The highest BCUT2D eigenvalue weighted by Gasteiger charge is 2.54. The maximum atomic E-state index is 11.6. The van der Waals surface area contributed by atoms with Crippen LogP contribution in [0.25, 0.3) is 0 Å². The maximum absolute atomic E-state index is 11.6. The van der Waals surface area contributed by atoms with Crippen molar-refractivity contribution in [2.45, 2.75) is 18.9 Å². The van der Waals surface area contributed by atoms with Gasteiger partial charge in [-0.25, -0.2) is 4.98 Å². The van der Waals surface area contributed by atoms with E-state index in [9.17, 15) is 4.79 Å². The molecular weight excluding hydrogens is 244 g/mol. The highest BCUT2D eigenvalue weighted by atomic mass is 16.5. The van der Waals surface area contributed by atoms with Crippen LogP contribution in [0, 0.1) is 5.41 Å². The number of hydrogen-bond donors (Lipinski definition) is 3. The molecule has 1 saturated carbocycles. The highest BCUT2D eigenvalue weighted by Crippen LogP contribution is 2.51. The number of hydrogen-bond acceptors (Lipinski definition) is 5. The Balaban J connectivity index is 1.81. The number of rotatable bonds is 3. The van der Waals surface area contributed by atoms with Crippen molar-refractivity contribution < 1.29 is 9.53 Å². The number of anilines is 1. The number of nitrogens with zero attached hydrogens (tertiary/aromatic N) is 1. The van der Waals surface area contributed by atoms with Crippen LogP contribution in [0.5, 0.6) is 5.75 Å². The van der Waals surface area contributed by atoms with Crippen molar-refractivity contribution in [3.05, 3.63) is 17.8 Å². The highest BCUT2D eigenvalue weighted by molar-refractivity contribution is 5.94. The molecule has 6 nitrogen and oxygen atoms in total. The number of pyridine rings is 1. The van der Waals surface area contributed by atoms with Crippen LogP contribution < -0.4 is 21.1 Å². The third kappa shape index (κ3) is 2.12. The molecule has 0 bridgehead atoms. The van der Waals surface area contributed by atoms with Gasteiger partial charge in [-0.1, -0.05) is 0 Å². The molecule has 2 aliphatic rings. The second-order valence-corrected chi connectivity index (χ2v) is 5.29. The Morgan fingerprint density at radius 2 is 2.42 bits per heavy atom. The fraction of sp³-hybridized carbons (Fsp3) is 0.538. The standard InChI is InChI=1S/C13H18N4O2/c1-15-12(18)8-4-9(11(14)17-5-8)19-10-6-16-7-13(10)2-3-13/h4-5,10,16H,2-3,6-7H2,1H3,(H2,14,17)(H,15,18). The van der Waals surface area contributed by atoms with Crippen LogP contribution in [0.4, 0.5) is 5.82 Å². The Morgan fingerprint density at radius 3 is 3.11 bits per heavy atom. The zero-order valence-electron chi connectivity index (χ0n) is 10.9. The number of nitrogen functional groups attached to an aromatic ring is 1. The van der Waals surface area contributed by atoms with Crippen LogP contribution in [0.15, 0.2) is 12.3 Å². The monoisotopic (exact) mass is 262 g/mol. The summed E-state index contributed by atoms with van der Waals surface area (Å²) < 4.78 is 5.99. The van der Waals surface area contributed by atoms with Gasteiger partial charge in [-0.05, 0) is 18.9 Å². The zero-order chi connectivity index (χ0) is 13.5. The normalized spacial score (nSPS) is 23.3. The predicted octanol–water partition coefficient (Wildman–Crippen LogP) is 0.154. The average Bonchev–Trinajstić information content (AvgIpc) is 3.09. The molecule has 6 heteroatoms. The van der Waals surface area contributed by atoms with Gasteiger partial charge in [-0.3, -0.25) is 4.79 Å². The van der Waals surface area contributed by atoms with Gasteiger partial charge in [0, 0.05) is 31.7 Å². The van der Waals surface area contributed by atoms with Gasteiger partial charge in [0.1, 0.15) is 6.10 Å². The first-order valence-electron chi connectivity index (χ1n) is 6.50. The molecule has 1 spiro atoms. The molecule has 4 N–H and O–H groups in total. The lowest BCUT2D eigenvalue weighted by molar-refractivity contribution is 0.0961. The minimum Gasteiger partial charge on any atom is -0.485 e. The Labute approximate surface area is 111 Å². The first-order chi connectivity index (χ1) is 9.14. The van der Waals surface area contributed by atoms with E-state index in [0.717, 1.165) is 13.1 Å². The van der Waals surface area contributed by atoms with Crippen molar-refractivity contribution in [1.82, 2.24) is 15.6 Å². The third-order valence-corrected chi connectivity index (χ3v) is 4.02. The van der Waals surface area contributed by atoms with E-state index in [1.54, 1.807) is 13.1 Å². The molecule has 3 rings (SSSR count). The molecule has 102 valence electrons. The first-order valence-corrected chi connectivity index (χ1v) is 6.50. The van der Waals surface area contributed by atoms with Gasteiger partial charge < -0.3 is 21.1 Å². The average molecular weight is 262 g/mol. The summed E-state index contributed by atoms with van der Waals surface area (Å²) in [7, 11) is 1.58. The Morgan fingerprint density at radius 1 is 1.63 bits per heavy atom. The molecular formula is C13H18N4O2. The number of nitrogens with one attached hydrogen (secondary N) is 2. The van der Waals surface area contributed by atoms with Gasteiger partial charge in [-0.15, -0.1) is 0 Å². The summed E-state index contributed by atoms with van der Waals surface area (Å²) in [6, 6.07) is 1.66. The Kier molecular flexibility index (Phi) is 2.82. The third-order valence-electron chi connectivity index (χ3n) is 4.02. The van der Waals surface area contributed by atoms with E-state index in [4.69, 9.17) is 10.5 Å². The summed E-state index contributed by atoms with van der Waals surface area (Å²) in [4.78, 5) is 15.6. The van der Waals surface area contributed by atoms with Gasteiger partial charge in [0.2, 0.25) is 0 Å². The van der Waals surface area contributed by atoms with Crippen LogP contribution >= 0.6 is 0 Å². The molecule has 1 aliphatic carbocycles. The van der Waals surface area contributed by atoms with Crippen LogP contribution in [0.1, 0.15) is 23.2 Å². The van der Waals surface area contributed by atoms with Crippen molar-refractivity contribution in [2.24, 2.45) is 5.41 Å². The summed E-state index contributed by atoms with van der Waals surface area (Å²) in [6.45, 7) is 1.82. The van der Waals surface area contributed by atoms with E-state index in [1.165, 1.54) is 19.0 Å². The van der Waals surface area contributed by atoms with Crippen molar-refractivity contribution in [3.8, 4) is 5.75 Å². The molecule has 0 aromatic carbocycles. The predicted molar refractivity (Wildman–Crippen MR) is 71.0 cm³/mol. The second-order valence-electron chi connectivity index (χ2n) is 5.29. The van der Waals surface area contributed by atoms with Crippen LogP contribution in [-0.4, -0.2) is 37.1 Å². The molecule has 1 saturated heterocycles. The molecule has 2 fully saturated rings. The summed E-state index contributed by atoms with van der Waals surface area (Å²) >= 11 is 0. The summed E-state index contributed by atoms with van der Waals surface area (Å²) in [5.41, 5.74) is 6.56. The fourth-order valence-corrected chi connectivity index (χ4v) is 2.58. The van der Waals surface area contributed by atoms with E-state index in [2.05, 4.69) is 15.6 Å². The van der Waals surface area contributed by atoms with Crippen LogP contribution in [0.3, 0.4) is 0 Å². The Hall–Kier alpha value is -1.82. The maximum Gasteiger partial charge on any atom is 0.252 e. The molecule has 0 radical (unpaired) electrons. The van der Waals surface area contributed by atoms with Crippen molar-refractivity contribution >= 4 is 11.7 Å². The number of nitrogens with two attached hydrogens (primary N) is 1. The molecule has 1 atom stereocenters. The van der Waals surface area contributed by atoms with Gasteiger partial charge in [0.05, 0.1) is 5.56 Å². The number of carbonyl (C=O) groups excluding carboxylic acids is 1. The first kappa shape index (κ1) is 12.2. The van der Waals surface area contributed by atoms with Crippen molar-refractivity contribution in [3.63, 3.8) is 0 Å². The quantitative estimate of drug-likeness (QED) is 0.721. The minimum atomic E-state index is -0.192. The van der Waals surface area contributed by atoms with E-state index in [-0.39, 0.29) is 17.4 Å². The molecule has 1 aliphatic heterocycles. The minimum absolute atomic E-state index is 0.122. The lowest BCUT2D eigenvalue weighted by atomic mass is 10.0. The van der Waals surface area contributed by atoms with E-state index >= 15 is 0 Å². The summed E-state index contributed by atoms with van der Waals surface area (Å²) in [5, 5.41) is 5.91. The largest absolute Gasteiger partial charge is 0.485 e. The summed E-state index contributed by atoms with van der Waals surface area (Å²) in [5.74, 6) is 0.638. The molecule has 2 heterocycles. The van der Waals surface area contributed by atoms with Crippen molar-refractivity contribution in [1.29, 1.82) is 0 Å². The topological polar surface area (TPSA) is 89.3 Å². The lowest BCUT2D eigenvalue weighted by Crippen LogP contribution is -2.28. The van der Waals surface area contributed by atoms with Crippen LogP contribution in [0.2, 0.25) is 0 Å². The number of amides is 1. The van der Waals surface area contributed by atoms with Crippen molar-refractivity contribution in [2.75, 3.05) is 25.9 Å². The molecule has 1 amide bonds. The van der Waals surface area contributed by atoms with E-state index in [1.807, 2.05) is 0 Å². The van der Waals surface area contributed by atoms with Gasteiger partial charge >= 0.3 is 0 Å². The zero-order valence-corrected chi connectivity index (χ0v) is 10.9. The van der Waals surface area contributed by atoms with E-state index < -0.39 is 0 Å². The SMILES string of the molecule is CNC(=O)c1cnc(N)c(OC2CNCC23CC3)c1. The van der Waals surface area contributed by atoms with Gasteiger partial charge in [0.15, 0.2) is 11.6 Å². The second kappa shape index (κ2) is 4.38. The smallest absolute Gasteiger partial charge is 0.252 e. The van der Waals surface area contributed by atoms with Gasteiger partial charge in [0.25, 0.3) is 5.91 Å². The molecule has 19 heavy (non-hydrogen) atoms.